The normalized spacial score (nSPS) is 23.7. The van der Waals surface area contributed by atoms with Crippen molar-refractivity contribution < 1.29 is 22.7 Å². The van der Waals surface area contributed by atoms with Crippen molar-refractivity contribution in [3.05, 3.63) is 53.6 Å². The van der Waals surface area contributed by atoms with Crippen LogP contribution in [0.15, 0.2) is 47.5 Å². The quantitative estimate of drug-likeness (QED) is 0.703. The Morgan fingerprint density at radius 3 is 2.59 bits per heavy atom. The minimum atomic E-state index is -2.97. The van der Waals surface area contributed by atoms with Crippen molar-refractivity contribution >= 4 is 38.4 Å². The Morgan fingerprint density at radius 1 is 1.09 bits per heavy atom. The first-order chi connectivity index (χ1) is 15.4. The maximum atomic E-state index is 12.7. The van der Waals surface area contributed by atoms with Gasteiger partial charge in [-0.15, -0.1) is 0 Å². The first kappa shape index (κ1) is 21.1. The number of nitrogens with zero attached hydrogens (tertiary/aromatic N) is 1. The fourth-order valence-corrected chi connectivity index (χ4v) is 7.61. The Hall–Kier alpha value is -2.72. The molecule has 168 valence electrons. The molecule has 3 aliphatic rings. The molecule has 8 nitrogen and oxygen atoms in total. The van der Waals surface area contributed by atoms with Gasteiger partial charge in [-0.1, -0.05) is 17.8 Å². The van der Waals surface area contributed by atoms with Gasteiger partial charge in [-0.25, -0.2) is 8.42 Å². The fourth-order valence-electron chi connectivity index (χ4n) is 3.94. The summed E-state index contributed by atoms with van der Waals surface area (Å²) in [6.45, 7) is 2.98. The van der Waals surface area contributed by atoms with E-state index in [4.69, 9.17) is 9.47 Å². The minimum Gasteiger partial charge on any atom is -0.486 e. The smallest absolute Gasteiger partial charge is 0.251 e. The van der Waals surface area contributed by atoms with E-state index in [1.54, 1.807) is 12.1 Å². The van der Waals surface area contributed by atoms with E-state index in [9.17, 15) is 13.2 Å². The van der Waals surface area contributed by atoms with Crippen LogP contribution in [-0.2, 0) is 9.84 Å². The van der Waals surface area contributed by atoms with Gasteiger partial charge in [-0.3, -0.25) is 9.79 Å². The van der Waals surface area contributed by atoms with Crippen molar-refractivity contribution in [2.45, 2.75) is 24.3 Å². The number of carbonyl (C=O) groups is 1. The zero-order valence-corrected chi connectivity index (χ0v) is 19.0. The first-order valence-corrected chi connectivity index (χ1v) is 13.1. The lowest BCUT2D eigenvalue weighted by molar-refractivity contribution is 0.0939. The molecule has 2 aromatic rings. The van der Waals surface area contributed by atoms with Gasteiger partial charge in [0.05, 0.1) is 23.6 Å². The monoisotopic (exact) mass is 473 g/mol. The van der Waals surface area contributed by atoms with Gasteiger partial charge in [0, 0.05) is 16.5 Å². The Morgan fingerprint density at radius 2 is 1.84 bits per heavy atom. The molecule has 1 fully saturated rings. The highest BCUT2D eigenvalue weighted by Crippen LogP contribution is 2.35. The fraction of sp³-hybridized carbons (Fsp3) is 0.364. The predicted octanol–water partition coefficient (Wildman–Crippen LogP) is 2.63. The highest BCUT2D eigenvalue weighted by Gasteiger charge is 2.42. The predicted molar refractivity (Wildman–Crippen MR) is 125 cm³/mol. The average molecular weight is 474 g/mol. The number of amidine groups is 1. The van der Waals surface area contributed by atoms with Gasteiger partial charge in [0.25, 0.3) is 5.91 Å². The Labute approximate surface area is 190 Å². The molecule has 1 amide bonds. The highest BCUT2D eigenvalue weighted by atomic mass is 32.2. The van der Waals surface area contributed by atoms with E-state index in [1.807, 2.05) is 37.3 Å². The highest BCUT2D eigenvalue weighted by molar-refractivity contribution is 8.15. The zero-order valence-electron chi connectivity index (χ0n) is 17.4. The Kier molecular flexibility index (Phi) is 5.50. The summed E-state index contributed by atoms with van der Waals surface area (Å²) in [7, 11) is -2.97. The summed E-state index contributed by atoms with van der Waals surface area (Å²) in [6, 6.07) is 12.4. The number of fused-ring (bicyclic) bond motifs is 2. The van der Waals surface area contributed by atoms with Crippen molar-refractivity contribution in [1.29, 1.82) is 0 Å². The van der Waals surface area contributed by atoms with E-state index in [-0.39, 0.29) is 34.7 Å². The summed E-state index contributed by atoms with van der Waals surface area (Å²) in [4.78, 5) is 17.2. The van der Waals surface area contributed by atoms with Gasteiger partial charge >= 0.3 is 0 Å². The molecule has 2 N–H and O–H groups in total. The van der Waals surface area contributed by atoms with Crippen molar-refractivity contribution in [2.75, 3.05) is 30.0 Å². The number of hydrogen-bond acceptors (Lipinski definition) is 8. The van der Waals surface area contributed by atoms with E-state index >= 15 is 0 Å². The van der Waals surface area contributed by atoms with Crippen LogP contribution in [0.25, 0.3) is 0 Å². The standard InChI is InChI=1S/C22H23N3O5S2/c1-13(15-4-7-18-19(10-15)30-9-8-29-18)23-21(26)14-2-5-16(6-3-14)24-22-25-17-11-32(27,28)12-20(17)31-22/h2-7,10,13,17,20H,8-9,11-12H2,1H3,(H,23,26)(H,24,25)/t13?,17-,20+/m1/s1. The van der Waals surface area contributed by atoms with E-state index in [0.29, 0.717) is 24.5 Å². The maximum Gasteiger partial charge on any atom is 0.251 e. The summed E-state index contributed by atoms with van der Waals surface area (Å²) in [5.41, 5.74) is 2.28. The molecule has 0 radical (unpaired) electrons. The molecule has 0 spiro atoms. The lowest BCUT2D eigenvalue weighted by Crippen LogP contribution is -2.26. The number of anilines is 1. The van der Waals surface area contributed by atoms with E-state index in [0.717, 1.165) is 22.2 Å². The largest absolute Gasteiger partial charge is 0.486 e. The summed E-state index contributed by atoms with van der Waals surface area (Å²) in [6.07, 6.45) is 0. The molecule has 0 aromatic heterocycles. The number of rotatable bonds is 4. The van der Waals surface area contributed by atoms with Crippen LogP contribution in [-0.4, -0.2) is 55.5 Å². The zero-order chi connectivity index (χ0) is 22.3. The van der Waals surface area contributed by atoms with Gasteiger partial charge in [0.15, 0.2) is 26.5 Å². The molecule has 3 atom stereocenters. The third-order valence-electron chi connectivity index (χ3n) is 5.63. The van der Waals surface area contributed by atoms with Crippen molar-refractivity contribution in [3.63, 3.8) is 0 Å². The number of sulfone groups is 1. The van der Waals surface area contributed by atoms with Crippen LogP contribution in [0.1, 0.15) is 28.9 Å². The summed E-state index contributed by atoms with van der Waals surface area (Å²) in [5, 5.41) is 6.94. The molecular formula is C22H23N3O5S2. The Bertz CT molecular complexity index is 1180. The second kappa shape index (κ2) is 8.32. The molecule has 1 saturated heterocycles. The van der Waals surface area contributed by atoms with E-state index < -0.39 is 9.84 Å². The average Bonchev–Trinajstić information content (AvgIpc) is 3.26. The number of aliphatic imine (C=N–C) groups is 1. The molecular weight excluding hydrogens is 450 g/mol. The third kappa shape index (κ3) is 4.42. The molecule has 3 aliphatic heterocycles. The molecule has 5 rings (SSSR count). The van der Waals surface area contributed by atoms with Crippen molar-refractivity contribution in [1.82, 2.24) is 5.32 Å². The SMILES string of the molecule is CC(NC(=O)c1ccc(NC2=N[C@@H]3CS(=O)(=O)C[C@@H]3S2)cc1)c1ccc2c(c1)OCCO2. The molecule has 2 aromatic carbocycles. The van der Waals surface area contributed by atoms with Gasteiger partial charge in [-0.2, -0.15) is 0 Å². The molecule has 0 saturated carbocycles. The van der Waals surface area contributed by atoms with Crippen LogP contribution in [0.5, 0.6) is 11.5 Å². The summed E-state index contributed by atoms with van der Waals surface area (Å²) >= 11 is 1.47. The first-order valence-electron chi connectivity index (χ1n) is 10.4. The topological polar surface area (TPSA) is 106 Å². The van der Waals surface area contributed by atoms with Gasteiger partial charge in [0.1, 0.15) is 13.2 Å². The molecule has 1 unspecified atom stereocenters. The van der Waals surface area contributed by atoms with Crippen LogP contribution in [0.4, 0.5) is 5.69 Å². The van der Waals surface area contributed by atoms with Crippen LogP contribution in [0.3, 0.4) is 0 Å². The number of benzene rings is 2. The summed E-state index contributed by atoms with van der Waals surface area (Å²) < 4.78 is 34.5. The molecule has 3 heterocycles. The number of carbonyl (C=O) groups excluding carboxylic acids is 1. The molecule has 10 heteroatoms. The second-order valence-corrected chi connectivity index (χ2v) is 11.4. The maximum absolute atomic E-state index is 12.7. The van der Waals surface area contributed by atoms with Crippen LogP contribution >= 0.6 is 11.8 Å². The van der Waals surface area contributed by atoms with Crippen LogP contribution < -0.4 is 20.1 Å². The lowest BCUT2D eigenvalue weighted by atomic mass is 10.1. The second-order valence-electron chi connectivity index (χ2n) is 8.04. The number of amides is 1. The van der Waals surface area contributed by atoms with Crippen molar-refractivity contribution in [3.8, 4) is 11.5 Å². The molecule has 0 aliphatic carbocycles. The molecule has 32 heavy (non-hydrogen) atoms. The molecule has 0 bridgehead atoms. The lowest BCUT2D eigenvalue weighted by Gasteiger charge is -2.21. The Balaban J connectivity index is 1.19. The van der Waals surface area contributed by atoms with E-state index in [2.05, 4.69) is 15.6 Å². The summed E-state index contributed by atoms with van der Waals surface area (Å²) in [5.74, 6) is 1.54. The van der Waals surface area contributed by atoms with Gasteiger partial charge in [-0.05, 0) is 48.9 Å². The third-order valence-corrected chi connectivity index (χ3v) is 8.77. The van der Waals surface area contributed by atoms with Crippen LogP contribution in [0, 0.1) is 0 Å². The number of thioether (sulfide) groups is 1. The van der Waals surface area contributed by atoms with Gasteiger partial charge in [0.2, 0.25) is 0 Å². The van der Waals surface area contributed by atoms with Crippen molar-refractivity contribution in [2.24, 2.45) is 4.99 Å². The number of hydrogen-bond donors (Lipinski definition) is 2. The number of nitrogens with one attached hydrogen (secondary N) is 2. The van der Waals surface area contributed by atoms with Crippen LogP contribution in [0.2, 0.25) is 0 Å². The van der Waals surface area contributed by atoms with E-state index in [1.165, 1.54) is 11.8 Å². The number of ether oxygens (including phenoxy) is 2. The minimum absolute atomic E-state index is 0.00500. The van der Waals surface area contributed by atoms with Gasteiger partial charge < -0.3 is 20.1 Å².